The Hall–Kier alpha value is -1.45. The Balaban J connectivity index is 2.67. The topological polar surface area (TPSA) is 20.3 Å². The first-order valence-corrected chi connectivity index (χ1v) is 6.68. The Kier molecular flexibility index (Phi) is 5.93. The lowest BCUT2D eigenvalue weighted by Crippen LogP contribution is -2.29. The minimum absolute atomic E-state index is 0.0330. The summed E-state index contributed by atoms with van der Waals surface area (Å²) in [5.74, 6) is -1.71. The highest BCUT2D eigenvalue weighted by Gasteiger charge is 2.18. The van der Waals surface area contributed by atoms with Crippen molar-refractivity contribution in [2.24, 2.45) is 0 Å². The van der Waals surface area contributed by atoms with Crippen LogP contribution >= 0.6 is 0 Å². The number of carbonyl (C=O) groups is 1. The summed E-state index contributed by atoms with van der Waals surface area (Å²) in [4.78, 5) is 13.5. The summed E-state index contributed by atoms with van der Waals surface area (Å²) < 4.78 is 26.0. The smallest absolute Gasteiger partial charge is 0.222 e. The molecule has 0 aliphatic carbocycles. The summed E-state index contributed by atoms with van der Waals surface area (Å²) in [5, 5.41) is 0. The molecule has 0 N–H and O–H groups in total. The average Bonchev–Trinajstić information content (AvgIpc) is 2.40. The fourth-order valence-electron chi connectivity index (χ4n) is 1.91. The van der Waals surface area contributed by atoms with E-state index in [1.165, 1.54) is 6.07 Å². The number of hydrogen-bond donors (Lipinski definition) is 0. The van der Waals surface area contributed by atoms with Crippen LogP contribution in [0.5, 0.6) is 0 Å². The zero-order valence-electron chi connectivity index (χ0n) is 11.7. The van der Waals surface area contributed by atoms with Gasteiger partial charge in [0.15, 0.2) is 11.6 Å². The van der Waals surface area contributed by atoms with E-state index in [9.17, 15) is 13.6 Å². The number of rotatable bonds is 6. The monoisotopic (exact) mass is 269 g/mol. The second-order valence-corrected chi connectivity index (χ2v) is 4.81. The van der Waals surface area contributed by atoms with Gasteiger partial charge >= 0.3 is 0 Å². The van der Waals surface area contributed by atoms with E-state index in [1.807, 2.05) is 6.92 Å². The first-order chi connectivity index (χ1) is 8.97. The summed E-state index contributed by atoms with van der Waals surface area (Å²) >= 11 is 0. The molecule has 1 amide bonds. The van der Waals surface area contributed by atoms with E-state index in [0.717, 1.165) is 31.4 Å². The van der Waals surface area contributed by atoms with Gasteiger partial charge in [0.25, 0.3) is 0 Å². The van der Waals surface area contributed by atoms with Crippen LogP contribution in [0.15, 0.2) is 18.2 Å². The lowest BCUT2D eigenvalue weighted by molar-refractivity contribution is -0.131. The van der Waals surface area contributed by atoms with E-state index in [2.05, 4.69) is 6.92 Å². The molecule has 0 aromatic heterocycles. The number of nitrogens with zero attached hydrogens (tertiary/aromatic N) is 1. The number of halogens is 2. The van der Waals surface area contributed by atoms with Gasteiger partial charge in [-0.2, -0.15) is 0 Å². The van der Waals surface area contributed by atoms with Gasteiger partial charge in [-0.3, -0.25) is 4.79 Å². The SMILES string of the molecule is CCCCCC(=O)N(C)C(C)c1ccc(F)c(F)c1. The number of benzene rings is 1. The van der Waals surface area contributed by atoms with Gasteiger partial charge in [0.1, 0.15) is 0 Å². The van der Waals surface area contributed by atoms with Crippen molar-refractivity contribution in [2.45, 2.75) is 45.6 Å². The highest BCUT2D eigenvalue weighted by Crippen LogP contribution is 2.21. The van der Waals surface area contributed by atoms with Gasteiger partial charge in [-0.15, -0.1) is 0 Å². The third kappa shape index (κ3) is 4.30. The summed E-state index contributed by atoms with van der Waals surface area (Å²) in [7, 11) is 1.69. The molecule has 1 atom stereocenters. The third-order valence-electron chi connectivity index (χ3n) is 3.39. The van der Waals surface area contributed by atoms with Crippen LogP contribution in [0.3, 0.4) is 0 Å². The fourth-order valence-corrected chi connectivity index (χ4v) is 1.91. The van der Waals surface area contributed by atoms with Crippen LogP contribution in [0.2, 0.25) is 0 Å². The van der Waals surface area contributed by atoms with Gasteiger partial charge in [-0.25, -0.2) is 8.78 Å². The molecule has 0 heterocycles. The molecule has 0 bridgehead atoms. The van der Waals surface area contributed by atoms with Crippen LogP contribution in [0.1, 0.15) is 51.1 Å². The molecule has 0 saturated heterocycles. The molecule has 4 heteroatoms. The molecule has 106 valence electrons. The number of unbranched alkanes of at least 4 members (excludes halogenated alkanes) is 2. The van der Waals surface area contributed by atoms with Crippen LogP contribution in [0.4, 0.5) is 8.78 Å². The van der Waals surface area contributed by atoms with E-state index in [4.69, 9.17) is 0 Å². The van der Waals surface area contributed by atoms with Crippen molar-refractivity contribution in [3.8, 4) is 0 Å². The predicted octanol–water partition coefficient (Wildman–Crippen LogP) is 4.06. The molecule has 0 aliphatic heterocycles. The summed E-state index contributed by atoms with van der Waals surface area (Å²) in [6.45, 7) is 3.89. The van der Waals surface area contributed by atoms with Crippen LogP contribution in [-0.2, 0) is 4.79 Å². The second kappa shape index (κ2) is 7.22. The van der Waals surface area contributed by atoms with Gasteiger partial charge in [0, 0.05) is 13.5 Å². The first kappa shape index (κ1) is 15.6. The molecular weight excluding hydrogens is 248 g/mol. The van der Waals surface area contributed by atoms with Crippen molar-refractivity contribution >= 4 is 5.91 Å². The highest BCUT2D eigenvalue weighted by molar-refractivity contribution is 5.76. The highest BCUT2D eigenvalue weighted by atomic mass is 19.2. The van der Waals surface area contributed by atoms with Gasteiger partial charge in [0.2, 0.25) is 5.91 Å². The molecule has 1 aromatic carbocycles. The van der Waals surface area contributed by atoms with Crippen molar-refractivity contribution in [3.63, 3.8) is 0 Å². The molecule has 0 saturated carbocycles. The molecule has 0 spiro atoms. The summed E-state index contributed by atoms with van der Waals surface area (Å²) in [5.41, 5.74) is 0.602. The van der Waals surface area contributed by atoms with Crippen molar-refractivity contribution in [1.82, 2.24) is 4.90 Å². The van der Waals surface area contributed by atoms with E-state index in [-0.39, 0.29) is 11.9 Å². The van der Waals surface area contributed by atoms with Crippen molar-refractivity contribution in [2.75, 3.05) is 7.05 Å². The molecule has 1 aromatic rings. The molecule has 1 unspecified atom stereocenters. The summed E-state index contributed by atoms with van der Waals surface area (Å²) in [6, 6.07) is 3.50. The van der Waals surface area contributed by atoms with Gasteiger partial charge in [-0.05, 0) is 31.0 Å². The van der Waals surface area contributed by atoms with E-state index in [1.54, 1.807) is 11.9 Å². The lowest BCUT2D eigenvalue weighted by Gasteiger charge is -2.25. The van der Waals surface area contributed by atoms with Crippen molar-refractivity contribution in [3.05, 3.63) is 35.4 Å². The molecule has 0 fully saturated rings. The molecule has 19 heavy (non-hydrogen) atoms. The maximum Gasteiger partial charge on any atom is 0.222 e. The van der Waals surface area contributed by atoms with Crippen molar-refractivity contribution in [1.29, 1.82) is 0 Å². The van der Waals surface area contributed by atoms with Crippen LogP contribution in [0.25, 0.3) is 0 Å². The van der Waals surface area contributed by atoms with Gasteiger partial charge in [-0.1, -0.05) is 25.8 Å². The quantitative estimate of drug-likeness (QED) is 0.713. The third-order valence-corrected chi connectivity index (χ3v) is 3.39. The summed E-state index contributed by atoms with van der Waals surface area (Å²) in [6.07, 6.45) is 3.46. The van der Waals surface area contributed by atoms with E-state index in [0.29, 0.717) is 12.0 Å². The maximum absolute atomic E-state index is 13.2. The van der Waals surface area contributed by atoms with E-state index >= 15 is 0 Å². The molecular formula is C15H21F2NO. The Bertz CT molecular complexity index is 434. The van der Waals surface area contributed by atoms with Crippen LogP contribution in [-0.4, -0.2) is 17.9 Å². The standard InChI is InChI=1S/C15H21F2NO/c1-4-5-6-7-15(19)18(3)11(2)12-8-9-13(16)14(17)10-12/h8-11H,4-7H2,1-3H3. The molecule has 1 rings (SSSR count). The molecule has 0 radical (unpaired) electrons. The minimum atomic E-state index is -0.879. The van der Waals surface area contributed by atoms with Gasteiger partial charge < -0.3 is 4.90 Å². The Morgan fingerprint density at radius 3 is 2.53 bits per heavy atom. The normalized spacial score (nSPS) is 12.3. The minimum Gasteiger partial charge on any atom is -0.339 e. The molecule has 0 aliphatic rings. The number of carbonyl (C=O) groups excluding carboxylic acids is 1. The Morgan fingerprint density at radius 2 is 1.95 bits per heavy atom. The fraction of sp³-hybridized carbons (Fsp3) is 0.533. The first-order valence-electron chi connectivity index (χ1n) is 6.68. The lowest BCUT2D eigenvalue weighted by atomic mass is 10.1. The zero-order valence-corrected chi connectivity index (χ0v) is 11.7. The molecule has 2 nitrogen and oxygen atoms in total. The zero-order chi connectivity index (χ0) is 14.4. The Morgan fingerprint density at radius 1 is 1.26 bits per heavy atom. The van der Waals surface area contributed by atoms with Gasteiger partial charge in [0.05, 0.1) is 6.04 Å². The largest absolute Gasteiger partial charge is 0.339 e. The number of amides is 1. The van der Waals surface area contributed by atoms with Crippen molar-refractivity contribution < 1.29 is 13.6 Å². The van der Waals surface area contributed by atoms with Crippen LogP contribution < -0.4 is 0 Å². The maximum atomic E-state index is 13.2. The number of hydrogen-bond acceptors (Lipinski definition) is 1. The average molecular weight is 269 g/mol. The van der Waals surface area contributed by atoms with E-state index < -0.39 is 11.6 Å². The van der Waals surface area contributed by atoms with Crippen LogP contribution in [0, 0.1) is 11.6 Å². The predicted molar refractivity (Wildman–Crippen MR) is 71.7 cm³/mol. The second-order valence-electron chi connectivity index (χ2n) is 4.81. The Labute approximate surface area is 113 Å².